The Balaban J connectivity index is 1.70. The molecule has 26 heavy (non-hydrogen) atoms. The summed E-state index contributed by atoms with van der Waals surface area (Å²) >= 11 is 3.28. The predicted octanol–water partition coefficient (Wildman–Crippen LogP) is 4.84. The van der Waals surface area contributed by atoms with Gasteiger partial charge in [0, 0.05) is 17.1 Å². The van der Waals surface area contributed by atoms with Crippen molar-refractivity contribution in [3.63, 3.8) is 0 Å². The third-order valence-electron chi connectivity index (χ3n) is 4.49. The molecular formula is C20H20N2O2S2. The number of carbonyl (C=O) groups is 1. The number of thiazole rings is 1. The van der Waals surface area contributed by atoms with Crippen LogP contribution in [0.25, 0.3) is 10.2 Å². The third kappa shape index (κ3) is 3.63. The molecule has 1 unspecified atom stereocenters. The largest absolute Gasteiger partial charge is 0.376 e. The van der Waals surface area contributed by atoms with E-state index in [4.69, 9.17) is 9.72 Å². The molecule has 3 aromatic rings. The molecule has 2 aromatic carbocycles. The first-order valence-electron chi connectivity index (χ1n) is 8.67. The van der Waals surface area contributed by atoms with Crippen LogP contribution in [0.15, 0.2) is 53.4 Å². The average Bonchev–Trinajstić information content (AvgIpc) is 3.34. The van der Waals surface area contributed by atoms with Gasteiger partial charge in [-0.15, -0.1) is 11.8 Å². The summed E-state index contributed by atoms with van der Waals surface area (Å²) < 4.78 is 6.88. The number of anilines is 1. The summed E-state index contributed by atoms with van der Waals surface area (Å²) in [6.45, 7) is 1.32. The second-order valence-corrected chi connectivity index (χ2v) is 8.14. The highest BCUT2D eigenvalue weighted by molar-refractivity contribution is 7.98. The monoisotopic (exact) mass is 384 g/mol. The van der Waals surface area contributed by atoms with Gasteiger partial charge in [0.1, 0.15) is 0 Å². The van der Waals surface area contributed by atoms with Crippen molar-refractivity contribution < 1.29 is 9.53 Å². The van der Waals surface area contributed by atoms with E-state index in [0.29, 0.717) is 12.1 Å². The zero-order valence-electron chi connectivity index (χ0n) is 14.6. The molecule has 4 nitrogen and oxygen atoms in total. The zero-order chi connectivity index (χ0) is 17.9. The Labute approximate surface area is 161 Å². The van der Waals surface area contributed by atoms with E-state index < -0.39 is 0 Å². The molecular weight excluding hydrogens is 364 g/mol. The summed E-state index contributed by atoms with van der Waals surface area (Å²) in [4.78, 5) is 20.9. The number of ether oxygens (including phenoxy) is 1. The maximum Gasteiger partial charge on any atom is 0.260 e. The summed E-state index contributed by atoms with van der Waals surface area (Å²) in [5.74, 6) is -0.0229. The van der Waals surface area contributed by atoms with Crippen LogP contribution in [0, 0.1) is 0 Å². The molecule has 0 bridgehead atoms. The number of carbonyl (C=O) groups excluding carboxylic acids is 1. The van der Waals surface area contributed by atoms with Gasteiger partial charge in [0.15, 0.2) is 5.13 Å². The molecule has 4 rings (SSSR count). The van der Waals surface area contributed by atoms with Crippen LogP contribution in [-0.2, 0) is 4.74 Å². The predicted molar refractivity (Wildman–Crippen MR) is 108 cm³/mol. The standard InChI is InChI=1S/C20H20N2O2S2/c1-25-16-9-10-17-18(12-16)26-20(21-17)22(13-15-8-5-11-24-15)19(23)14-6-3-2-4-7-14/h2-4,6-7,9-10,12,15H,5,8,11,13H2,1H3. The number of hydrogen-bond donors (Lipinski definition) is 0. The van der Waals surface area contributed by atoms with E-state index in [0.717, 1.165) is 34.8 Å². The lowest BCUT2D eigenvalue weighted by Gasteiger charge is -2.23. The van der Waals surface area contributed by atoms with E-state index in [1.807, 2.05) is 36.4 Å². The van der Waals surface area contributed by atoms with Crippen molar-refractivity contribution in [2.24, 2.45) is 0 Å². The molecule has 0 N–H and O–H groups in total. The van der Waals surface area contributed by atoms with Crippen molar-refractivity contribution in [3.05, 3.63) is 54.1 Å². The number of nitrogens with zero attached hydrogens (tertiary/aromatic N) is 2. The molecule has 0 radical (unpaired) electrons. The quantitative estimate of drug-likeness (QED) is 0.590. The van der Waals surface area contributed by atoms with E-state index in [1.165, 1.54) is 4.90 Å². The van der Waals surface area contributed by atoms with Crippen LogP contribution in [-0.4, -0.2) is 36.4 Å². The SMILES string of the molecule is CSc1ccc2nc(N(CC3CCCO3)C(=O)c3ccccc3)sc2c1. The van der Waals surface area contributed by atoms with Gasteiger partial charge in [-0.05, 0) is 49.4 Å². The van der Waals surface area contributed by atoms with Crippen LogP contribution in [0.2, 0.25) is 0 Å². The fourth-order valence-electron chi connectivity index (χ4n) is 3.11. The van der Waals surface area contributed by atoms with E-state index in [2.05, 4.69) is 18.4 Å². The molecule has 0 aliphatic carbocycles. The van der Waals surface area contributed by atoms with Gasteiger partial charge in [-0.1, -0.05) is 29.5 Å². The number of hydrogen-bond acceptors (Lipinski definition) is 5. The normalized spacial score (nSPS) is 16.9. The summed E-state index contributed by atoms with van der Waals surface area (Å²) in [5.41, 5.74) is 1.61. The Kier molecular flexibility index (Phi) is 5.24. The molecule has 1 amide bonds. The van der Waals surface area contributed by atoms with Crippen molar-refractivity contribution in [1.29, 1.82) is 0 Å². The number of thioether (sulfide) groups is 1. The van der Waals surface area contributed by atoms with E-state index in [-0.39, 0.29) is 12.0 Å². The highest BCUT2D eigenvalue weighted by Crippen LogP contribution is 2.33. The van der Waals surface area contributed by atoms with Gasteiger partial charge in [-0.2, -0.15) is 0 Å². The Morgan fingerprint density at radius 3 is 2.88 bits per heavy atom. The molecule has 1 aliphatic heterocycles. The third-order valence-corrected chi connectivity index (χ3v) is 6.26. The van der Waals surface area contributed by atoms with E-state index in [1.54, 1.807) is 28.0 Å². The summed E-state index contributed by atoms with van der Waals surface area (Å²) in [6, 6.07) is 15.6. The highest BCUT2D eigenvalue weighted by atomic mass is 32.2. The number of aromatic nitrogens is 1. The molecule has 0 spiro atoms. The van der Waals surface area contributed by atoms with Gasteiger partial charge < -0.3 is 4.74 Å². The zero-order valence-corrected chi connectivity index (χ0v) is 16.2. The van der Waals surface area contributed by atoms with Crippen LogP contribution in [0.3, 0.4) is 0 Å². The molecule has 1 aliphatic rings. The molecule has 1 fully saturated rings. The molecule has 2 heterocycles. The van der Waals surface area contributed by atoms with Crippen LogP contribution in [0.4, 0.5) is 5.13 Å². The van der Waals surface area contributed by atoms with Gasteiger partial charge >= 0.3 is 0 Å². The lowest BCUT2D eigenvalue weighted by molar-refractivity contribution is 0.0917. The molecule has 1 saturated heterocycles. The Morgan fingerprint density at radius 2 is 2.15 bits per heavy atom. The Hall–Kier alpha value is -1.89. The highest BCUT2D eigenvalue weighted by Gasteiger charge is 2.27. The molecule has 1 aromatic heterocycles. The second kappa shape index (κ2) is 7.78. The van der Waals surface area contributed by atoms with Gasteiger partial charge in [-0.25, -0.2) is 4.98 Å². The molecule has 1 atom stereocenters. The summed E-state index contributed by atoms with van der Waals surface area (Å²) in [6.07, 6.45) is 4.18. The van der Waals surface area contributed by atoms with Gasteiger partial charge in [0.25, 0.3) is 5.91 Å². The first kappa shape index (κ1) is 17.5. The Bertz CT molecular complexity index is 905. The van der Waals surface area contributed by atoms with Crippen molar-refractivity contribution in [1.82, 2.24) is 4.98 Å². The molecule has 6 heteroatoms. The Morgan fingerprint density at radius 1 is 1.31 bits per heavy atom. The van der Waals surface area contributed by atoms with Crippen LogP contribution in [0.5, 0.6) is 0 Å². The van der Waals surface area contributed by atoms with Gasteiger partial charge in [-0.3, -0.25) is 9.69 Å². The topological polar surface area (TPSA) is 42.4 Å². The van der Waals surface area contributed by atoms with Crippen molar-refractivity contribution in [2.45, 2.75) is 23.8 Å². The molecule has 134 valence electrons. The van der Waals surface area contributed by atoms with Gasteiger partial charge in [0.05, 0.1) is 22.9 Å². The van der Waals surface area contributed by atoms with Crippen LogP contribution < -0.4 is 4.90 Å². The lowest BCUT2D eigenvalue weighted by atomic mass is 10.2. The van der Waals surface area contributed by atoms with E-state index >= 15 is 0 Å². The first-order valence-corrected chi connectivity index (χ1v) is 10.7. The van der Waals surface area contributed by atoms with Crippen molar-refractivity contribution in [2.75, 3.05) is 24.3 Å². The smallest absolute Gasteiger partial charge is 0.260 e. The average molecular weight is 385 g/mol. The number of benzene rings is 2. The maximum atomic E-state index is 13.2. The minimum atomic E-state index is -0.0229. The summed E-state index contributed by atoms with van der Waals surface area (Å²) in [7, 11) is 0. The van der Waals surface area contributed by atoms with Crippen LogP contribution >= 0.6 is 23.1 Å². The molecule has 0 saturated carbocycles. The fourth-order valence-corrected chi connectivity index (χ4v) is 4.64. The van der Waals surface area contributed by atoms with Crippen molar-refractivity contribution >= 4 is 44.4 Å². The summed E-state index contributed by atoms with van der Waals surface area (Å²) in [5, 5.41) is 0.739. The number of amides is 1. The lowest BCUT2D eigenvalue weighted by Crippen LogP contribution is -2.37. The minimum absolute atomic E-state index is 0.0229. The number of rotatable bonds is 5. The van der Waals surface area contributed by atoms with Crippen LogP contribution in [0.1, 0.15) is 23.2 Å². The first-order chi connectivity index (χ1) is 12.7. The van der Waals surface area contributed by atoms with Gasteiger partial charge in [0.2, 0.25) is 0 Å². The van der Waals surface area contributed by atoms with Crippen molar-refractivity contribution in [3.8, 4) is 0 Å². The maximum absolute atomic E-state index is 13.2. The van der Waals surface area contributed by atoms with E-state index in [9.17, 15) is 4.79 Å². The number of fused-ring (bicyclic) bond motifs is 1. The minimum Gasteiger partial charge on any atom is -0.376 e. The fraction of sp³-hybridized carbons (Fsp3) is 0.300. The second-order valence-electron chi connectivity index (χ2n) is 6.25.